The van der Waals surface area contributed by atoms with Crippen LogP contribution in [0.3, 0.4) is 0 Å². The summed E-state index contributed by atoms with van der Waals surface area (Å²) in [4.78, 5) is 6.21. The zero-order chi connectivity index (χ0) is 13.0. The van der Waals surface area contributed by atoms with Crippen molar-refractivity contribution < 1.29 is 0 Å². The molecule has 2 aromatic rings. The molecule has 1 aromatic heterocycles. The van der Waals surface area contributed by atoms with E-state index in [4.69, 9.17) is 23.2 Å². The molecule has 0 fully saturated rings. The molecule has 1 heterocycles. The van der Waals surface area contributed by atoms with E-state index in [0.29, 0.717) is 5.88 Å². The van der Waals surface area contributed by atoms with Crippen molar-refractivity contribution in [3.05, 3.63) is 58.9 Å². The standard InChI is InChI=1S/C14H14Cl2N2/c1-18(10-11-4-2-3-5-13(11)16)14-6-7-17-9-12(14)8-15/h2-7,9H,8,10H2,1H3. The predicted octanol–water partition coefficient (Wildman–Crippen LogP) is 4.11. The van der Waals surface area contributed by atoms with E-state index in [1.54, 1.807) is 12.4 Å². The number of nitrogens with zero attached hydrogens (tertiary/aromatic N) is 2. The Morgan fingerprint density at radius 3 is 2.67 bits per heavy atom. The van der Waals surface area contributed by atoms with Crippen LogP contribution in [-0.2, 0) is 12.4 Å². The third kappa shape index (κ3) is 2.95. The molecular weight excluding hydrogens is 267 g/mol. The van der Waals surface area contributed by atoms with Crippen molar-refractivity contribution in [2.45, 2.75) is 12.4 Å². The molecule has 0 radical (unpaired) electrons. The minimum absolute atomic E-state index is 0.454. The molecule has 0 N–H and O–H groups in total. The van der Waals surface area contributed by atoms with Crippen molar-refractivity contribution in [1.82, 2.24) is 4.98 Å². The number of benzene rings is 1. The molecule has 94 valence electrons. The van der Waals surface area contributed by atoms with Gasteiger partial charge in [-0.1, -0.05) is 29.8 Å². The number of hydrogen-bond acceptors (Lipinski definition) is 2. The average molecular weight is 281 g/mol. The van der Waals surface area contributed by atoms with Crippen LogP contribution in [0.4, 0.5) is 5.69 Å². The number of hydrogen-bond donors (Lipinski definition) is 0. The van der Waals surface area contributed by atoms with Crippen LogP contribution in [0.15, 0.2) is 42.7 Å². The van der Waals surface area contributed by atoms with Gasteiger partial charge in [-0.3, -0.25) is 4.98 Å². The number of halogens is 2. The highest BCUT2D eigenvalue weighted by Gasteiger charge is 2.08. The number of alkyl halides is 1. The summed E-state index contributed by atoms with van der Waals surface area (Å²) in [6.45, 7) is 0.744. The number of rotatable bonds is 4. The number of anilines is 1. The van der Waals surface area contributed by atoms with Gasteiger partial charge >= 0.3 is 0 Å². The largest absolute Gasteiger partial charge is 0.370 e. The smallest absolute Gasteiger partial charge is 0.0509 e. The van der Waals surface area contributed by atoms with Crippen LogP contribution in [0.25, 0.3) is 0 Å². The quantitative estimate of drug-likeness (QED) is 0.784. The Bertz CT molecular complexity index is 529. The van der Waals surface area contributed by atoms with E-state index >= 15 is 0 Å². The van der Waals surface area contributed by atoms with Gasteiger partial charge in [0.2, 0.25) is 0 Å². The molecule has 2 rings (SSSR count). The molecule has 18 heavy (non-hydrogen) atoms. The van der Waals surface area contributed by atoms with Crippen LogP contribution < -0.4 is 4.90 Å². The number of aromatic nitrogens is 1. The van der Waals surface area contributed by atoms with Gasteiger partial charge in [-0.15, -0.1) is 11.6 Å². The average Bonchev–Trinajstić information content (AvgIpc) is 2.41. The van der Waals surface area contributed by atoms with Crippen molar-refractivity contribution in [2.75, 3.05) is 11.9 Å². The second-order valence-electron chi connectivity index (χ2n) is 4.09. The van der Waals surface area contributed by atoms with Gasteiger partial charge in [0.1, 0.15) is 0 Å². The second-order valence-corrected chi connectivity index (χ2v) is 4.76. The van der Waals surface area contributed by atoms with E-state index in [1.807, 2.05) is 37.4 Å². The Labute approximate surface area is 117 Å². The lowest BCUT2D eigenvalue weighted by Crippen LogP contribution is -2.18. The molecule has 0 saturated heterocycles. The summed E-state index contributed by atoms with van der Waals surface area (Å²) in [5.74, 6) is 0.454. The summed E-state index contributed by atoms with van der Waals surface area (Å²) in [6, 6.07) is 9.82. The summed E-state index contributed by atoms with van der Waals surface area (Å²) < 4.78 is 0. The molecule has 0 aliphatic carbocycles. The maximum absolute atomic E-state index is 6.16. The number of pyridine rings is 1. The van der Waals surface area contributed by atoms with Crippen molar-refractivity contribution in [2.24, 2.45) is 0 Å². The first-order valence-corrected chi connectivity index (χ1v) is 6.57. The molecular formula is C14H14Cl2N2. The fraction of sp³-hybridized carbons (Fsp3) is 0.214. The zero-order valence-electron chi connectivity index (χ0n) is 10.1. The molecule has 2 nitrogen and oxygen atoms in total. The lowest BCUT2D eigenvalue weighted by atomic mass is 10.2. The third-order valence-electron chi connectivity index (χ3n) is 2.80. The summed E-state index contributed by atoms with van der Waals surface area (Å²) in [5.41, 5.74) is 3.20. The Balaban J connectivity index is 2.22. The molecule has 1 aromatic carbocycles. The molecule has 0 saturated carbocycles. The minimum Gasteiger partial charge on any atom is -0.370 e. The Hall–Kier alpha value is -1.25. The first-order valence-electron chi connectivity index (χ1n) is 5.65. The summed E-state index contributed by atoms with van der Waals surface area (Å²) in [5, 5.41) is 0.783. The summed E-state index contributed by atoms with van der Waals surface area (Å²) in [6.07, 6.45) is 3.57. The van der Waals surface area contributed by atoms with Crippen LogP contribution in [0.5, 0.6) is 0 Å². The third-order valence-corrected chi connectivity index (χ3v) is 3.46. The fourth-order valence-electron chi connectivity index (χ4n) is 1.86. The van der Waals surface area contributed by atoms with Gasteiger partial charge < -0.3 is 4.90 Å². The van der Waals surface area contributed by atoms with E-state index in [0.717, 1.165) is 28.4 Å². The lowest BCUT2D eigenvalue weighted by molar-refractivity contribution is 0.912. The molecule has 0 bridgehead atoms. The van der Waals surface area contributed by atoms with Crippen molar-refractivity contribution in [3.8, 4) is 0 Å². The molecule has 4 heteroatoms. The molecule has 0 aliphatic rings. The van der Waals surface area contributed by atoms with Crippen molar-refractivity contribution in [1.29, 1.82) is 0 Å². The van der Waals surface area contributed by atoms with Crippen molar-refractivity contribution in [3.63, 3.8) is 0 Å². The molecule has 0 amide bonds. The summed E-state index contributed by atoms with van der Waals surface area (Å²) >= 11 is 12.1. The topological polar surface area (TPSA) is 16.1 Å². The van der Waals surface area contributed by atoms with Crippen molar-refractivity contribution >= 4 is 28.9 Å². The van der Waals surface area contributed by atoms with Gasteiger partial charge in [0.15, 0.2) is 0 Å². The van der Waals surface area contributed by atoms with E-state index in [2.05, 4.69) is 9.88 Å². The maximum atomic E-state index is 6.16. The normalized spacial score (nSPS) is 10.4. The second kappa shape index (κ2) is 6.07. The van der Waals surface area contributed by atoms with Crippen LogP contribution in [0.1, 0.15) is 11.1 Å². The van der Waals surface area contributed by atoms with Crippen LogP contribution in [0.2, 0.25) is 5.02 Å². The van der Waals surface area contributed by atoms with Crippen LogP contribution >= 0.6 is 23.2 Å². The highest BCUT2D eigenvalue weighted by atomic mass is 35.5. The van der Waals surface area contributed by atoms with Gasteiger partial charge in [-0.25, -0.2) is 0 Å². The van der Waals surface area contributed by atoms with E-state index in [9.17, 15) is 0 Å². The lowest BCUT2D eigenvalue weighted by Gasteiger charge is -2.22. The minimum atomic E-state index is 0.454. The van der Waals surface area contributed by atoms with Crippen LogP contribution in [-0.4, -0.2) is 12.0 Å². The maximum Gasteiger partial charge on any atom is 0.0509 e. The SMILES string of the molecule is CN(Cc1ccccc1Cl)c1ccncc1CCl. The molecule has 0 unspecified atom stereocenters. The first kappa shape index (κ1) is 13.2. The zero-order valence-corrected chi connectivity index (χ0v) is 11.6. The molecule has 0 atom stereocenters. The van der Waals surface area contributed by atoms with E-state index in [-0.39, 0.29) is 0 Å². The Morgan fingerprint density at radius 1 is 1.17 bits per heavy atom. The van der Waals surface area contributed by atoms with Gasteiger partial charge in [-0.05, 0) is 17.7 Å². The Kier molecular flexibility index (Phi) is 4.45. The van der Waals surface area contributed by atoms with Gasteiger partial charge in [-0.2, -0.15) is 0 Å². The monoisotopic (exact) mass is 280 g/mol. The molecule has 0 aliphatic heterocycles. The predicted molar refractivity (Wildman–Crippen MR) is 77.4 cm³/mol. The summed E-state index contributed by atoms with van der Waals surface area (Å²) in [7, 11) is 2.02. The van der Waals surface area contributed by atoms with E-state index in [1.165, 1.54) is 0 Å². The Morgan fingerprint density at radius 2 is 1.94 bits per heavy atom. The molecule has 0 spiro atoms. The highest BCUT2D eigenvalue weighted by molar-refractivity contribution is 6.31. The van der Waals surface area contributed by atoms with Gasteiger partial charge in [0.25, 0.3) is 0 Å². The van der Waals surface area contributed by atoms with Crippen LogP contribution in [0, 0.1) is 0 Å². The first-order chi connectivity index (χ1) is 8.72. The fourth-order valence-corrected chi connectivity index (χ4v) is 2.26. The van der Waals surface area contributed by atoms with Gasteiger partial charge in [0, 0.05) is 42.3 Å². The van der Waals surface area contributed by atoms with Gasteiger partial charge in [0.05, 0.1) is 5.88 Å². The van der Waals surface area contributed by atoms with E-state index < -0.39 is 0 Å². The highest BCUT2D eigenvalue weighted by Crippen LogP contribution is 2.23.